The van der Waals surface area contributed by atoms with Gasteiger partial charge in [-0.1, -0.05) is 0 Å². The van der Waals surface area contributed by atoms with Gasteiger partial charge in [0.15, 0.2) is 0 Å². The molecule has 6 heteroatoms. The summed E-state index contributed by atoms with van der Waals surface area (Å²) in [5, 5.41) is 0. The minimum Gasteiger partial charge on any atom is -0.444 e. The lowest BCUT2D eigenvalue weighted by Crippen LogP contribution is -2.43. The van der Waals surface area contributed by atoms with Crippen molar-refractivity contribution in [1.82, 2.24) is 4.90 Å². The van der Waals surface area contributed by atoms with Gasteiger partial charge in [0.25, 0.3) is 0 Å². The maximum absolute atomic E-state index is 12.0. The van der Waals surface area contributed by atoms with Gasteiger partial charge < -0.3 is 20.1 Å². The van der Waals surface area contributed by atoms with E-state index in [2.05, 4.69) is 0 Å². The summed E-state index contributed by atoms with van der Waals surface area (Å²) in [5.74, 6) is 0.191. The van der Waals surface area contributed by atoms with Crippen molar-refractivity contribution in [3.8, 4) is 0 Å². The predicted molar refractivity (Wildman–Crippen MR) is 79.7 cm³/mol. The average Bonchev–Trinajstić information content (AvgIpc) is 2.36. The van der Waals surface area contributed by atoms with Crippen molar-refractivity contribution < 1.29 is 19.1 Å². The molecule has 2 N–H and O–H groups in total. The average molecular weight is 300 g/mol. The summed E-state index contributed by atoms with van der Waals surface area (Å²) < 4.78 is 10.6. The van der Waals surface area contributed by atoms with Crippen LogP contribution in [-0.4, -0.2) is 49.3 Å². The van der Waals surface area contributed by atoms with Gasteiger partial charge in [0, 0.05) is 33.2 Å². The molecule has 0 bridgehead atoms. The summed E-state index contributed by atoms with van der Waals surface area (Å²) in [6.45, 7) is 7.41. The molecule has 0 spiro atoms. The number of amides is 2. The fraction of sp³-hybridized carbons (Fsp3) is 0.867. The van der Waals surface area contributed by atoms with Crippen LogP contribution in [0.15, 0.2) is 0 Å². The van der Waals surface area contributed by atoms with Gasteiger partial charge in [-0.25, -0.2) is 4.79 Å². The molecule has 1 saturated heterocycles. The van der Waals surface area contributed by atoms with E-state index in [4.69, 9.17) is 15.2 Å². The van der Waals surface area contributed by atoms with Crippen molar-refractivity contribution in [2.45, 2.75) is 45.6 Å². The van der Waals surface area contributed by atoms with E-state index < -0.39 is 5.60 Å². The summed E-state index contributed by atoms with van der Waals surface area (Å²) in [5.41, 5.74) is 4.82. The molecule has 6 nitrogen and oxygen atoms in total. The molecule has 1 aliphatic heterocycles. The Morgan fingerprint density at radius 1 is 1.29 bits per heavy atom. The third-order valence-electron chi connectivity index (χ3n) is 3.70. The molecule has 0 aliphatic carbocycles. The van der Waals surface area contributed by atoms with Gasteiger partial charge in [0.05, 0.1) is 0 Å². The van der Waals surface area contributed by atoms with Gasteiger partial charge in [-0.3, -0.25) is 4.79 Å². The topological polar surface area (TPSA) is 81.9 Å². The first-order valence-electron chi connectivity index (χ1n) is 7.48. The Bertz CT molecular complexity index is 357. The largest absolute Gasteiger partial charge is 0.444 e. The monoisotopic (exact) mass is 300 g/mol. The van der Waals surface area contributed by atoms with Gasteiger partial charge in [0.1, 0.15) is 5.60 Å². The van der Waals surface area contributed by atoms with E-state index >= 15 is 0 Å². The molecular formula is C15H28N2O4. The van der Waals surface area contributed by atoms with Gasteiger partial charge in [-0.2, -0.15) is 0 Å². The SMILES string of the molecule is COCC(CC(N)=O)C1CCN(C(=O)OC(C)(C)C)CC1. The third kappa shape index (κ3) is 6.33. The smallest absolute Gasteiger partial charge is 0.410 e. The number of primary amides is 1. The molecule has 1 unspecified atom stereocenters. The molecule has 21 heavy (non-hydrogen) atoms. The quantitative estimate of drug-likeness (QED) is 0.839. The molecule has 2 amide bonds. The second-order valence-corrected chi connectivity index (χ2v) is 6.69. The zero-order valence-electron chi connectivity index (χ0n) is 13.6. The van der Waals surface area contributed by atoms with Gasteiger partial charge in [-0.05, 0) is 45.4 Å². The van der Waals surface area contributed by atoms with E-state index in [0.717, 1.165) is 12.8 Å². The van der Waals surface area contributed by atoms with Crippen molar-refractivity contribution >= 4 is 12.0 Å². The zero-order chi connectivity index (χ0) is 16.0. The van der Waals surface area contributed by atoms with E-state index in [1.54, 1.807) is 12.0 Å². The van der Waals surface area contributed by atoms with Crippen LogP contribution in [-0.2, 0) is 14.3 Å². The molecule has 1 heterocycles. The summed E-state index contributed by atoms with van der Waals surface area (Å²) in [4.78, 5) is 24.9. The number of methoxy groups -OCH3 is 1. The Morgan fingerprint density at radius 2 is 1.86 bits per heavy atom. The van der Waals surface area contributed by atoms with Crippen LogP contribution in [0.3, 0.4) is 0 Å². The lowest BCUT2D eigenvalue weighted by molar-refractivity contribution is -0.120. The van der Waals surface area contributed by atoms with Crippen LogP contribution in [0.5, 0.6) is 0 Å². The molecule has 1 atom stereocenters. The molecule has 0 aromatic carbocycles. The first kappa shape index (κ1) is 17.8. The standard InChI is InChI=1S/C15H28N2O4/c1-15(2,3)21-14(19)17-7-5-11(6-8-17)12(10-20-4)9-13(16)18/h11-12H,5-10H2,1-4H3,(H2,16,18). The predicted octanol–water partition coefficient (Wildman–Crippen LogP) is 1.77. The van der Waals surface area contributed by atoms with Crippen LogP contribution in [0.4, 0.5) is 4.79 Å². The maximum Gasteiger partial charge on any atom is 0.410 e. The lowest BCUT2D eigenvalue weighted by Gasteiger charge is -2.36. The summed E-state index contributed by atoms with van der Waals surface area (Å²) in [6.07, 6.45) is 1.77. The maximum atomic E-state index is 12.0. The Kier molecular flexibility index (Phi) is 6.45. The van der Waals surface area contributed by atoms with Crippen LogP contribution < -0.4 is 5.73 Å². The zero-order valence-corrected chi connectivity index (χ0v) is 13.6. The third-order valence-corrected chi connectivity index (χ3v) is 3.70. The normalized spacial score (nSPS) is 18.4. The minimum absolute atomic E-state index is 0.133. The molecule has 122 valence electrons. The van der Waals surface area contributed by atoms with Crippen LogP contribution in [0, 0.1) is 11.8 Å². The van der Waals surface area contributed by atoms with Crippen LogP contribution in [0.25, 0.3) is 0 Å². The van der Waals surface area contributed by atoms with Crippen molar-refractivity contribution in [3.63, 3.8) is 0 Å². The molecule has 1 rings (SSSR count). The fourth-order valence-electron chi connectivity index (χ4n) is 2.71. The number of rotatable bonds is 5. The van der Waals surface area contributed by atoms with Crippen LogP contribution >= 0.6 is 0 Å². The number of hydrogen-bond acceptors (Lipinski definition) is 4. The van der Waals surface area contributed by atoms with Crippen molar-refractivity contribution in [2.75, 3.05) is 26.8 Å². The molecule has 0 aromatic rings. The van der Waals surface area contributed by atoms with Crippen molar-refractivity contribution in [2.24, 2.45) is 17.6 Å². The number of carbonyl (C=O) groups is 2. The van der Waals surface area contributed by atoms with E-state index in [1.165, 1.54) is 0 Å². The first-order chi connectivity index (χ1) is 9.73. The number of likely N-dealkylation sites (tertiary alicyclic amines) is 1. The molecule has 1 aliphatic rings. The first-order valence-corrected chi connectivity index (χ1v) is 7.48. The number of piperidine rings is 1. The van der Waals surface area contributed by atoms with Crippen LogP contribution in [0.2, 0.25) is 0 Å². The van der Waals surface area contributed by atoms with E-state index in [-0.39, 0.29) is 17.9 Å². The number of carbonyl (C=O) groups excluding carboxylic acids is 2. The molecule has 0 aromatic heterocycles. The van der Waals surface area contributed by atoms with Crippen LogP contribution in [0.1, 0.15) is 40.0 Å². The van der Waals surface area contributed by atoms with Crippen molar-refractivity contribution in [3.05, 3.63) is 0 Å². The van der Waals surface area contributed by atoms with Crippen molar-refractivity contribution in [1.29, 1.82) is 0 Å². The second kappa shape index (κ2) is 7.64. The van der Waals surface area contributed by atoms with Gasteiger partial charge in [-0.15, -0.1) is 0 Å². The van der Waals surface area contributed by atoms with Gasteiger partial charge >= 0.3 is 6.09 Å². The minimum atomic E-state index is -0.474. The Hall–Kier alpha value is -1.30. The number of hydrogen-bond donors (Lipinski definition) is 1. The van der Waals surface area contributed by atoms with Gasteiger partial charge in [0.2, 0.25) is 5.91 Å². The van der Waals surface area contributed by atoms with E-state index in [0.29, 0.717) is 32.0 Å². The Labute approximate surface area is 126 Å². The number of ether oxygens (including phenoxy) is 2. The number of nitrogens with zero attached hydrogens (tertiary/aromatic N) is 1. The highest BCUT2D eigenvalue weighted by atomic mass is 16.6. The summed E-state index contributed by atoms with van der Waals surface area (Å²) >= 11 is 0. The second-order valence-electron chi connectivity index (χ2n) is 6.69. The molecular weight excluding hydrogens is 272 g/mol. The highest BCUT2D eigenvalue weighted by Crippen LogP contribution is 2.28. The highest BCUT2D eigenvalue weighted by Gasteiger charge is 2.31. The molecule has 1 fully saturated rings. The van der Waals surface area contributed by atoms with E-state index in [1.807, 2.05) is 20.8 Å². The summed E-state index contributed by atoms with van der Waals surface area (Å²) in [6, 6.07) is 0. The Morgan fingerprint density at radius 3 is 2.29 bits per heavy atom. The number of nitrogens with two attached hydrogens (primary N) is 1. The molecule has 0 radical (unpaired) electrons. The summed E-state index contributed by atoms with van der Waals surface area (Å²) in [7, 11) is 1.63. The molecule has 0 saturated carbocycles. The highest BCUT2D eigenvalue weighted by molar-refractivity contribution is 5.74. The Balaban J connectivity index is 2.49. The lowest BCUT2D eigenvalue weighted by atomic mass is 9.82. The van der Waals surface area contributed by atoms with E-state index in [9.17, 15) is 9.59 Å². The fourth-order valence-corrected chi connectivity index (χ4v) is 2.71.